The van der Waals surface area contributed by atoms with Crippen LogP contribution >= 0.6 is 0 Å². The molecule has 1 unspecified atom stereocenters. The van der Waals surface area contributed by atoms with Gasteiger partial charge in [-0.2, -0.15) is 4.72 Å². The Labute approximate surface area is 201 Å². The Kier molecular flexibility index (Phi) is 7.50. The second-order valence-corrected chi connectivity index (χ2v) is 10.6. The number of rotatable bonds is 8. The molecular weight excluding hydrogens is 450 g/mol. The van der Waals surface area contributed by atoms with Gasteiger partial charge >= 0.3 is 0 Å². The maximum atomic E-state index is 13.3. The number of nitrogens with zero attached hydrogens (tertiary/aromatic N) is 1. The number of hydrogen-bond donors (Lipinski definition) is 2. The van der Waals surface area contributed by atoms with Crippen molar-refractivity contribution in [2.45, 2.75) is 31.2 Å². The van der Waals surface area contributed by atoms with Gasteiger partial charge < -0.3 is 15.0 Å². The zero-order valence-electron chi connectivity index (χ0n) is 19.5. The maximum absolute atomic E-state index is 13.3. The first kappa shape index (κ1) is 24.2. The van der Waals surface area contributed by atoms with Gasteiger partial charge in [-0.3, -0.25) is 4.79 Å². The van der Waals surface area contributed by atoms with Gasteiger partial charge in [0.05, 0.1) is 18.1 Å². The molecule has 4 rings (SSSR count). The van der Waals surface area contributed by atoms with Crippen LogP contribution in [-0.4, -0.2) is 46.7 Å². The molecule has 1 heterocycles. The van der Waals surface area contributed by atoms with Gasteiger partial charge in [0, 0.05) is 29.9 Å². The number of sulfonamides is 1. The van der Waals surface area contributed by atoms with Gasteiger partial charge in [0.25, 0.3) is 0 Å². The molecule has 3 aromatic rings. The lowest BCUT2D eigenvalue weighted by Gasteiger charge is -2.29. The van der Waals surface area contributed by atoms with Crippen LogP contribution in [0, 0.1) is 5.92 Å². The Morgan fingerprint density at radius 1 is 0.971 bits per heavy atom. The van der Waals surface area contributed by atoms with Gasteiger partial charge in [0.2, 0.25) is 15.9 Å². The zero-order valence-corrected chi connectivity index (χ0v) is 20.3. The predicted molar refractivity (Wildman–Crippen MR) is 136 cm³/mol. The second-order valence-electron chi connectivity index (χ2n) is 8.92. The molecule has 1 aliphatic heterocycles. The fraction of sp³-hybridized carbons (Fsp3) is 0.346. The van der Waals surface area contributed by atoms with Crippen LogP contribution in [0.5, 0.6) is 0 Å². The van der Waals surface area contributed by atoms with Crippen molar-refractivity contribution >= 4 is 38.1 Å². The molecule has 1 aliphatic rings. The molecular formula is C26H31N3O4S. The third-order valence-electron chi connectivity index (χ3n) is 5.87. The zero-order chi connectivity index (χ0) is 24.1. The smallest absolute Gasteiger partial charge is 0.242 e. The number of amides is 1. The Balaban J connectivity index is 1.51. The van der Waals surface area contributed by atoms with Crippen molar-refractivity contribution in [1.29, 1.82) is 0 Å². The lowest BCUT2D eigenvalue weighted by atomic mass is 10.0. The van der Waals surface area contributed by atoms with E-state index in [4.69, 9.17) is 4.74 Å². The highest BCUT2D eigenvalue weighted by Gasteiger charge is 2.27. The Bertz CT molecular complexity index is 1230. The van der Waals surface area contributed by atoms with E-state index in [1.807, 2.05) is 56.3 Å². The first-order valence-electron chi connectivity index (χ1n) is 11.6. The molecule has 1 atom stereocenters. The SMILES string of the molecule is CC(C)CC(NS(=O)(=O)c1cccc2ccccc12)C(=O)Nc1ccc(N2CCOCC2)cc1. The lowest BCUT2D eigenvalue weighted by molar-refractivity contribution is -0.118. The van der Waals surface area contributed by atoms with Crippen LogP contribution in [0.25, 0.3) is 10.8 Å². The summed E-state index contributed by atoms with van der Waals surface area (Å²) in [5.74, 6) is -0.258. The lowest BCUT2D eigenvalue weighted by Crippen LogP contribution is -2.44. The van der Waals surface area contributed by atoms with E-state index in [0.29, 0.717) is 30.7 Å². The minimum Gasteiger partial charge on any atom is -0.378 e. The highest BCUT2D eigenvalue weighted by Crippen LogP contribution is 2.24. The van der Waals surface area contributed by atoms with E-state index in [2.05, 4.69) is 14.9 Å². The van der Waals surface area contributed by atoms with E-state index in [9.17, 15) is 13.2 Å². The van der Waals surface area contributed by atoms with Gasteiger partial charge in [0.1, 0.15) is 6.04 Å². The summed E-state index contributed by atoms with van der Waals surface area (Å²) in [6.45, 7) is 6.99. The van der Waals surface area contributed by atoms with Crippen molar-refractivity contribution < 1.29 is 17.9 Å². The molecule has 8 heteroatoms. The summed E-state index contributed by atoms with van der Waals surface area (Å²) in [5.41, 5.74) is 1.69. The number of fused-ring (bicyclic) bond motifs is 1. The quantitative estimate of drug-likeness (QED) is 0.508. The number of hydrogen-bond acceptors (Lipinski definition) is 5. The van der Waals surface area contributed by atoms with E-state index >= 15 is 0 Å². The Morgan fingerprint density at radius 2 is 1.65 bits per heavy atom. The summed E-state index contributed by atoms with van der Waals surface area (Å²) >= 11 is 0. The number of carbonyl (C=O) groups is 1. The number of morpholine rings is 1. The van der Waals surface area contributed by atoms with Crippen LogP contribution in [0.15, 0.2) is 71.6 Å². The van der Waals surface area contributed by atoms with Gasteiger partial charge in [-0.05, 0) is 48.1 Å². The fourth-order valence-corrected chi connectivity index (χ4v) is 5.61. The minimum absolute atomic E-state index is 0.120. The van der Waals surface area contributed by atoms with E-state index < -0.39 is 16.1 Å². The summed E-state index contributed by atoms with van der Waals surface area (Å²) in [7, 11) is -3.92. The van der Waals surface area contributed by atoms with Crippen LogP contribution in [0.1, 0.15) is 20.3 Å². The number of anilines is 2. The Hall–Kier alpha value is -2.94. The summed E-state index contributed by atoms with van der Waals surface area (Å²) in [6.07, 6.45) is 0.377. The molecule has 34 heavy (non-hydrogen) atoms. The highest BCUT2D eigenvalue weighted by atomic mass is 32.2. The number of ether oxygens (including phenoxy) is 1. The fourth-order valence-electron chi connectivity index (χ4n) is 4.17. The monoisotopic (exact) mass is 481 g/mol. The second kappa shape index (κ2) is 10.5. The van der Waals surface area contributed by atoms with Crippen molar-refractivity contribution in [1.82, 2.24) is 4.72 Å². The molecule has 0 radical (unpaired) electrons. The minimum atomic E-state index is -3.92. The number of nitrogens with one attached hydrogen (secondary N) is 2. The average molecular weight is 482 g/mol. The summed E-state index contributed by atoms with van der Waals surface area (Å²) < 4.78 is 34.7. The van der Waals surface area contributed by atoms with Crippen LogP contribution < -0.4 is 14.9 Å². The van der Waals surface area contributed by atoms with Crippen molar-refractivity contribution in [2.75, 3.05) is 36.5 Å². The topological polar surface area (TPSA) is 87.7 Å². The summed E-state index contributed by atoms with van der Waals surface area (Å²) in [6, 6.07) is 19.2. The van der Waals surface area contributed by atoms with E-state index in [0.717, 1.165) is 24.2 Å². The first-order chi connectivity index (χ1) is 16.3. The van der Waals surface area contributed by atoms with Gasteiger partial charge in [-0.15, -0.1) is 0 Å². The average Bonchev–Trinajstić information content (AvgIpc) is 2.84. The molecule has 0 aromatic heterocycles. The number of benzene rings is 3. The van der Waals surface area contributed by atoms with Gasteiger partial charge in [-0.1, -0.05) is 50.2 Å². The van der Waals surface area contributed by atoms with Crippen molar-refractivity contribution in [2.24, 2.45) is 5.92 Å². The standard InChI is InChI=1S/C26H31N3O4S/c1-19(2)18-24(28-34(31,32)25-9-5-7-20-6-3-4-8-23(20)25)26(30)27-21-10-12-22(13-11-21)29-14-16-33-17-15-29/h3-13,19,24,28H,14-18H2,1-2H3,(H,27,30). The number of carbonyl (C=O) groups excluding carboxylic acids is 1. The van der Waals surface area contributed by atoms with Crippen molar-refractivity contribution in [3.05, 3.63) is 66.7 Å². The molecule has 7 nitrogen and oxygen atoms in total. The molecule has 0 bridgehead atoms. The van der Waals surface area contributed by atoms with Crippen molar-refractivity contribution in [3.8, 4) is 0 Å². The van der Waals surface area contributed by atoms with Crippen molar-refractivity contribution in [3.63, 3.8) is 0 Å². The summed E-state index contributed by atoms with van der Waals surface area (Å²) in [4.78, 5) is 15.5. The summed E-state index contributed by atoms with van der Waals surface area (Å²) in [5, 5.41) is 4.33. The molecule has 0 aliphatic carbocycles. The molecule has 1 saturated heterocycles. The molecule has 0 spiro atoms. The highest BCUT2D eigenvalue weighted by molar-refractivity contribution is 7.89. The molecule has 1 amide bonds. The van der Waals surface area contributed by atoms with E-state index in [1.165, 1.54) is 0 Å². The van der Waals surface area contributed by atoms with Crippen LogP contribution in [-0.2, 0) is 19.6 Å². The van der Waals surface area contributed by atoms with Crippen LogP contribution in [0.2, 0.25) is 0 Å². The van der Waals surface area contributed by atoms with Crippen LogP contribution in [0.4, 0.5) is 11.4 Å². The first-order valence-corrected chi connectivity index (χ1v) is 13.1. The third-order valence-corrected chi connectivity index (χ3v) is 7.40. The van der Waals surface area contributed by atoms with Gasteiger partial charge in [0.15, 0.2) is 0 Å². The Morgan fingerprint density at radius 3 is 2.35 bits per heavy atom. The molecule has 2 N–H and O–H groups in total. The van der Waals surface area contributed by atoms with Crippen LogP contribution in [0.3, 0.4) is 0 Å². The third kappa shape index (κ3) is 5.75. The molecule has 180 valence electrons. The predicted octanol–water partition coefficient (Wildman–Crippen LogP) is 4.01. The molecule has 3 aromatic carbocycles. The van der Waals surface area contributed by atoms with E-state index in [-0.39, 0.29) is 16.7 Å². The maximum Gasteiger partial charge on any atom is 0.242 e. The largest absolute Gasteiger partial charge is 0.378 e. The van der Waals surface area contributed by atoms with Gasteiger partial charge in [-0.25, -0.2) is 8.42 Å². The normalized spacial score (nSPS) is 15.4. The van der Waals surface area contributed by atoms with E-state index in [1.54, 1.807) is 24.3 Å². The molecule has 0 saturated carbocycles. The molecule has 1 fully saturated rings.